The van der Waals surface area contributed by atoms with Gasteiger partial charge >= 0.3 is 11.8 Å². The fourth-order valence-corrected chi connectivity index (χ4v) is 6.15. The highest BCUT2D eigenvalue weighted by molar-refractivity contribution is 7.22. The molecule has 1 saturated heterocycles. The molecule has 1 amide bonds. The van der Waals surface area contributed by atoms with Crippen LogP contribution in [0.4, 0.5) is 4.79 Å². The van der Waals surface area contributed by atoms with Crippen LogP contribution in [-0.2, 0) is 17.8 Å². The fourth-order valence-electron chi connectivity index (χ4n) is 5.03. The van der Waals surface area contributed by atoms with Crippen molar-refractivity contribution in [3.05, 3.63) is 50.9 Å². The molecule has 0 spiro atoms. The van der Waals surface area contributed by atoms with Gasteiger partial charge in [0, 0.05) is 29.6 Å². The summed E-state index contributed by atoms with van der Waals surface area (Å²) >= 11 is 1.28. The fraction of sp³-hybridized carbons (Fsp3) is 0.500. The molecule has 0 aliphatic carbocycles. The number of methoxy groups -OCH3 is 2. The van der Waals surface area contributed by atoms with Gasteiger partial charge in [0.25, 0.3) is 5.56 Å². The second-order valence-electron chi connectivity index (χ2n) is 11.0. The molecule has 0 atom stereocenters. The van der Waals surface area contributed by atoms with Crippen molar-refractivity contribution in [2.24, 2.45) is 0 Å². The van der Waals surface area contributed by atoms with Gasteiger partial charge in [-0.2, -0.15) is 4.80 Å². The number of aromatic nitrogens is 6. The summed E-state index contributed by atoms with van der Waals surface area (Å²) in [5, 5.41) is 12.5. The molecule has 0 bridgehead atoms. The molecule has 42 heavy (non-hydrogen) atoms. The summed E-state index contributed by atoms with van der Waals surface area (Å²) in [6.07, 6.45) is 0.472. The van der Waals surface area contributed by atoms with E-state index in [2.05, 4.69) is 15.4 Å². The van der Waals surface area contributed by atoms with Gasteiger partial charge in [-0.05, 0) is 70.0 Å². The molecule has 4 heterocycles. The Morgan fingerprint density at radius 3 is 2.45 bits per heavy atom. The Labute approximate surface area is 246 Å². The number of amides is 1. The number of hydrogen-bond donors (Lipinski definition) is 0. The van der Waals surface area contributed by atoms with Gasteiger partial charge in [0.05, 0.1) is 32.8 Å². The minimum atomic E-state index is -0.611. The van der Waals surface area contributed by atoms with E-state index in [1.807, 2.05) is 39.8 Å². The van der Waals surface area contributed by atoms with Crippen LogP contribution in [0.25, 0.3) is 20.7 Å². The van der Waals surface area contributed by atoms with Crippen LogP contribution in [0.5, 0.6) is 11.5 Å². The van der Waals surface area contributed by atoms with Crippen LogP contribution in [0.2, 0.25) is 0 Å². The van der Waals surface area contributed by atoms with E-state index in [0.717, 1.165) is 10.4 Å². The number of hydrogen-bond acceptors (Lipinski definition) is 10. The van der Waals surface area contributed by atoms with Crippen LogP contribution in [0, 0.1) is 0 Å². The molecule has 1 aliphatic heterocycles. The van der Waals surface area contributed by atoms with Crippen molar-refractivity contribution in [2.45, 2.75) is 65.3 Å². The Bertz CT molecular complexity index is 1720. The number of fused-ring (bicyclic) bond motifs is 1. The van der Waals surface area contributed by atoms with Crippen LogP contribution < -0.4 is 20.7 Å². The van der Waals surface area contributed by atoms with E-state index >= 15 is 0 Å². The number of benzene rings is 1. The van der Waals surface area contributed by atoms with Crippen LogP contribution in [0.3, 0.4) is 0 Å². The smallest absolute Gasteiger partial charge is 0.410 e. The van der Waals surface area contributed by atoms with Crippen molar-refractivity contribution in [1.29, 1.82) is 0 Å². The first-order valence-electron chi connectivity index (χ1n) is 13.8. The standard InChI is InChI=1S/C28H35N7O6S/c1-7-34-30-23(29-31-34)16-33-20-15-22(19-14-18(39-5)8-9-21(19)40-6)42-24(20)25(36)35(26(33)37)17-10-12-32(13-11-17)27(38)41-28(2,3)4/h8-9,14-15,17H,7,10-13,16H2,1-6H3. The number of aryl methyl sites for hydroxylation is 1. The predicted octanol–water partition coefficient (Wildman–Crippen LogP) is 3.54. The van der Waals surface area contributed by atoms with E-state index in [-0.39, 0.29) is 12.1 Å². The molecule has 1 aromatic carbocycles. The summed E-state index contributed by atoms with van der Waals surface area (Å²) in [6, 6.07) is 6.86. The zero-order valence-corrected chi connectivity index (χ0v) is 25.4. The molecule has 4 aromatic rings. The monoisotopic (exact) mass is 597 g/mol. The number of nitrogens with zero attached hydrogens (tertiary/aromatic N) is 7. The van der Waals surface area contributed by atoms with Gasteiger partial charge in [-0.15, -0.1) is 21.5 Å². The second-order valence-corrected chi connectivity index (χ2v) is 12.1. The maximum atomic E-state index is 14.1. The van der Waals surface area contributed by atoms with Gasteiger partial charge in [-0.3, -0.25) is 13.9 Å². The minimum absolute atomic E-state index is 0.0395. The highest BCUT2D eigenvalue weighted by atomic mass is 32.1. The summed E-state index contributed by atoms with van der Waals surface area (Å²) in [5.41, 5.74) is -0.225. The average Bonchev–Trinajstić information content (AvgIpc) is 3.62. The van der Waals surface area contributed by atoms with Crippen LogP contribution in [0.1, 0.15) is 52.4 Å². The van der Waals surface area contributed by atoms with E-state index in [1.165, 1.54) is 25.3 Å². The quantitative estimate of drug-likeness (QED) is 0.313. The molecular weight excluding hydrogens is 562 g/mol. The third-order valence-corrected chi connectivity index (χ3v) is 8.23. The molecule has 224 valence electrons. The third-order valence-electron chi connectivity index (χ3n) is 7.08. The Hall–Kier alpha value is -4.20. The maximum absolute atomic E-state index is 14.1. The van der Waals surface area contributed by atoms with Crippen molar-refractivity contribution in [1.82, 2.24) is 34.2 Å². The van der Waals surface area contributed by atoms with Crippen molar-refractivity contribution in [2.75, 3.05) is 27.3 Å². The number of likely N-dealkylation sites (tertiary alicyclic amines) is 1. The number of carbonyl (C=O) groups is 1. The van der Waals surface area contributed by atoms with Gasteiger partial charge in [-0.25, -0.2) is 9.59 Å². The zero-order valence-electron chi connectivity index (χ0n) is 24.6. The molecule has 14 heteroatoms. The Kier molecular flexibility index (Phi) is 8.08. The first-order chi connectivity index (χ1) is 20.0. The SMILES string of the molecule is CCn1nnc(Cn2c(=O)n(C3CCN(C(=O)OC(C)(C)C)CC3)c(=O)c3sc(-c4cc(OC)ccc4OC)cc32)n1. The molecule has 0 saturated carbocycles. The molecule has 0 N–H and O–H groups in total. The lowest BCUT2D eigenvalue weighted by Crippen LogP contribution is -2.47. The van der Waals surface area contributed by atoms with Crippen molar-refractivity contribution in [3.8, 4) is 21.9 Å². The number of carbonyl (C=O) groups excluding carboxylic acids is 1. The van der Waals surface area contributed by atoms with Crippen LogP contribution >= 0.6 is 11.3 Å². The van der Waals surface area contributed by atoms with E-state index in [0.29, 0.717) is 60.0 Å². The lowest BCUT2D eigenvalue weighted by atomic mass is 10.1. The molecule has 3 aromatic heterocycles. The average molecular weight is 598 g/mol. The minimum Gasteiger partial charge on any atom is -0.497 e. The van der Waals surface area contributed by atoms with Crippen molar-refractivity contribution >= 4 is 27.6 Å². The lowest BCUT2D eigenvalue weighted by Gasteiger charge is -2.34. The molecule has 0 unspecified atom stereocenters. The largest absolute Gasteiger partial charge is 0.497 e. The molecule has 1 fully saturated rings. The van der Waals surface area contributed by atoms with Crippen molar-refractivity contribution in [3.63, 3.8) is 0 Å². The normalized spacial score (nSPS) is 14.4. The van der Waals surface area contributed by atoms with E-state index in [1.54, 1.807) is 31.3 Å². The summed E-state index contributed by atoms with van der Waals surface area (Å²) < 4.78 is 19.8. The third kappa shape index (κ3) is 5.75. The first kappa shape index (κ1) is 29.3. The molecule has 1 aliphatic rings. The van der Waals surface area contributed by atoms with E-state index in [9.17, 15) is 14.4 Å². The number of rotatable bonds is 7. The molecular formula is C28H35N7O6S. The number of tetrazole rings is 1. The Morgan fingerprint density at radius 1 is 1.10 bits per heavy atom. The van der Waals surface area contributed by atoms with E-state index in [4.69, 9.17) is 14.2 Å². The lowest BCUT2D eigenvalue weighted by molar-refractivity contribution is 0.0186. The summed E-state index contributed by atoms with van der Waals surface area (Å²) in [7, 11) is 3.16. The number of ether oxygens (including phenoxy) is 3. The molecule has 5 rings (SSSR count). The van der Waals surface area contributed by atoms with Gasteiger partial charge in [0.2, 0.25) is 0 Å². The molecule has 0 radical (unpaired) electrons. The predicted molar refractivity (Wildman–Crippen MR) is 158 cm³/mol. The van der Waals surface area contributed by atoms with Gasteiger partial charge < -0.3 is 19.1 Å². The maximum Gasteiger partial charge on any atom is 0.410 e. The Balaban J connectivity index is 1.59. The van der Waals surface area contributed by atoms with Crippen LogP contribution in [-0.4, -0.2) is 73.2 Å². The second kappa shape index (κ2) is 11.6. The van der Waals surface area contributed by atoms with Gasteiger partial charge in [0.15, 0.2) is 5.82 Å². The first-order valence-corrected chi connectivity index (χ1v) is 14.6. The zero-order chi connectivity index (χ0) is 30.2. The highest BCUT2D eigenvalue weighted by Crippen LogP contribution is 2.39. The van der Waals surface area contributed by atoms with Gasteiger partial charge in [-0.1, -0.05) is 0 Å². The van der Waals surface area contributed by atoms with Crippen molar-refractivity contribution < 1.29 is 19.0 Å². The summed E-state index contributed by atoms with van der Waals surface area (Å²) in [6.45, 7) is 8.66. The van der Waals surface area contributed by atoms with Gasteiger partial charge in [0.1, 0.15) is 21.8 Å². The number of piperidine rings is 1. The Morgan fingerprint density at radius 2 is 1.83 bits per heavy atom. The summed E-state index contributed by atoms with van der Waals surface area (Å²) in [5.74, 6) is 1.60. The molecule has 13 nitrogen and oxygen atoms in total. The summed E-state index contributed by atoms with van der Waals surface area (Å²) in [4.78, 5) is 44.5. The highest BCUT2D eigenvalue weighted by Gasteiger charge is 2.30. The van der Waals surface area contributed by atoms with Crippen LogP contribution in [0.15, 0.2) is 33.9 Å². The van der Waals surface area contributed by atoms with E-state index < -0.39 is 23.4 Å². The number of thiophene rings is 1. The topological polar surface area (TPSA) is 136 Å².